The molecule has 2 heterocycles. The molecule has 0 radical (unpaired) electrons. The van der Waals surface area contributed by atoms with Crippen LogP contribution >= 0.6 is 0 Å². The minimum Gasteiger partial charge on any atom is -0.366 e. The highest BCUT2D eigenvalue weighted by Gasteiger charge is 2.12. The van der Waals surface area contributed by atoms with E-state index in [9.17, 15) is 4.79 Å². The van der Waals surface area contributed by atoms with E-state index in [4.69, 9.17) is 5.73 Å². The highest BCUT2D eigenvalue weighted by atomic mass is 16.2. The molecule has 0 aliphatic rings. The van der Waals surface area contributed by atoms with Crippen LogP contribution in [0.4, 0.5) is 11.6 Å². The van der Waals surface area contributed by atoms with Gasteiger partial charge in [0.1, 0.15) is 0 Å². The molecule has 0 saturated carbocycles. The quantitative estimate of drug-likeness (QED) is 0.636. The molecule has 1 amide bonds. The monoisotopic (exact) mass is 254 g/mol. The van der Waals surface area contributed by atoms with Crippen molar-refractivity contribution in [2.45, 2.75) is 0 Å². The summed E-state index contributed by atoms with van der Waals surface area (Å²) in [5, 5.41) is 9.73. The number of nitrogens with two attached hydrogens (primary N) is 1. The van der Waals surface area contributed by atoms with Gasteiger partial charge in [-0.25, -0.2) is 0 Å². The van der Waals surface area contributed by atoms with E-state index in [-0.39, 0.29) is 11.8 Å². The fourth-order valence-electron chi connectivity index (χ4n) is 1.76. The summed E-state index contributed by atoms with van der Waals surface area (Å²) in [5.41, 5.74) is 6.68. The number of H-pyrrole nitrogens is 1. The Bertz CT molecular complexity index is 745. The van der Waals surface area contributed by atoms with Crippen LogP contribution in [0.1, 0.15) is 10.6 Å². The molecular formula is C12H10N6O. The number of nitrogens with one attached hydrogen (secondary N) is 2. The number of amides is 1. The topological polar surface area (TPSA) is 110 Å². The van der Waals surface area contributed by atoms with E-state index in [0.29, 0.717) is 11.2 Å². The molecular weight excluding hydrogens is 244 g/mol. The van der Waals surface area contributed by atoms with Crippen molar-refractivity contribution in [3.8, 4) is 0 Å². The number of aromatic amines is 1. The van der Waals surface area contributed by atoms with Crippen LogP contribution in [0.15, 0.2) is 36.5 Å². The van der Waals surface area contributed by atoms with Gasteiger partial charge in [0.05, 0.1) is 11.2 Å². The standard InChI is InChI=1S/C12H10N6O/c13-12-16-10(17-18-12)11(19)15-8-5-1-3-7-4-2-6-14-9(7)8/h1-6H,(H,15,19)(H3,13,16,17,18). The summed E-state index contributed by atoms with van der Waals surface area (Å²) in [4.78, 5) is 20.0. The molecule has 94 valence electrons. The van der Waals surface area contributed by atoms with Crippen LogP contribution in [-0.2, 0) is 0 Å². The molecule has 4 N–H and O–H groups in total. The maximum atomic E-state index is 11.9. The zero-order valence-corrected chi connectivity index (χ0v) is 9.79. The van der Waals surface area contributed by atoms with E-state index in [0.717, 1.165) is 5.39 Å². The first kappa shape index (κ1) is 11.1. The molecule has 2 aromatic heterocycles. The second-order valence-corrected chi connectivity index (χ2v) is 3.88. The number of carbonyl (C=O) groups excluding carboxylic acids is 1. The predicted octanol–water partition coefficient (Wildman–Crippen LogP) is 1.19. The van der Waals surface area contributed by atoms with Crippen molar-refractivity contribution < 1.29 is 4.79 Å². The number of benzene rings is 1. The van der Waals surface area contributed by atoms with Gasteiger partial charge in [0, 0.05) is 11.6 Å². The minimum absolute atomic E-state index is 0.0289. The van der Waals surface area contributed by atoms with Gasteiger partial charge >= 0.3 is 0 Å². The molecule has 7 heteroatoms. The van der Waals surface area contributed by atoms with Gasteiger partial charge < -0.3 is 11.1 Å². The molecule has 0 spiro atoms. The molecule has 0 bridgehead atoms. The van der Waals surface area contributed by atoms with Crippen LogP contribution in [-0.4, -0.2) is 26.1 Å². The maximum absolute atomic E-state index is 11.9. The molecule has 0 aliphatic carbocycles. The third-order valence-corrected chi connectivity index (χ3v) is 2.60. The second-order valence-electron chi connectivity index (χ2n) is 3.88. The Kier molecular flexibility index (Phi) is 2.57. The molecule has 0 atom stereocenters. The van der Waals surface area contributed by atoms with E-state index in [1.165, 1.54) is 0 Å². The lowest BCUT2D eigenvalue weighted by Crippen LogP contribution is -2.14. The molecule has 7 nitrogen and oxygen atoms in total. The summed E-state index contributed by atoms with van der Waals surface area (Å²) in [6.45, 7) is 0. The van der Waals surface area contributed by atoms with Gasteiger partial charge in [-0.15, -0.1) is 5.10 Å². The van der Waals surface area contributed by atoms with Crippen molar-refractivity contribution in [2.24, 2.45) is 0 Å². The van der Waals surface area contributed by atoms with Crippen LogP contribution in [0.3, 0.4) is 0 Å². The number of fused-ring (bicyclic) bond motifs is 1. The first-order valence-electron chi connectivity index (χ1n) is 5.57. The SMILES string of the molecule is Nc1n[nH]c(C(=O)Nc2cccc3cccnc23)n1. The number of rotatable bonds is 2. The number of nitrogen functional groups attached to an aromatic ring is 1. The maximum Gasteiger partial charge on any atom is 0.293 e. The van der Waals surface area contributed by atoms with E-state index in [2.05, 4.69) is 25.5 Å². The predicted molar refractivity (Wildman–Crippen MR) is 70.5 cm³/mol. The van der Waals surface area contributed by atoms with E-state index in [1.807, 2.05) is 24.3 Å². The zero-order valence-electron chi connectivity index (χ0n) is 9.79. The van der Waals surface area contributed by atoms with Crippen LogP contribution < -0.4 is 11.1 Å². The first-order valence-corrected chi connectivity index (χ1v) is 5.57. The lowest BCUT2D eigenvalue weighted by atomic mass is 10.2. The highest BCUT2D eigenvalue weighted by molar-refractivity contribution is 6.06. The van der Waals surface area contributed by atoms with Gasteiger partial charge in [-0.05, 0) is 12.1 Å². The fourth-order valence-corrected chi connectivity index (χ4v) is 1.76. The molecule has 3 aromatic rings. The lowest BCUT2D eigenvalue weighted by molar-refractivity contribution is 0.101. The van der Waals surface area contributed by atoms with Gasteiger partial charge in [-0.2, -0.15) is 4.98 Å². The third kappa shape index (κ3) is 2.08. The number of nitrogens with zero attached hydrogens (tertiary/aromatic N) is 3. The average Bonchev–Trinajstić information content (AvgIpc) is 2.86. The molecule has 1 aromatic carbocycles. The van der Waals surface area contributed by atoms with Crippen molar-refractivity contribution in [1.29, 1.82) is 0 Å². The zero-order chi connectivity index (χ0) is 13.2. The Morgan fingerprint density at radius 3 is 2.89 bits per heavy atom. The normalized spacial score (nSPS) is 10.5. The highest BCUT2D eigenvalue weighted by Crippen LogP contribution is 2.20. The summed E-state index contributed by atoms with van der Waals surface area (Å²) in [5.74, 6) is -0.325. The van der Waals surface area contributed by atoms with Crippen molar-refractivity contribution in [2.75, 3.05) is 11.1 Å². The molecule has 0 unspecified atom stereocenters. The molecule has 0 saturated heterocycles. The number of para-hydroxylation sites is 1. The van der Waals surface area contributed by atoms with E-state index < -0.39 is 5.91 Å². The summed E-state index contributed by atoms with van der Waals surface area (Å²) < 4.78 is 0. The molecule has 3 rings (SSSR count). The van der Waals surface area contributed by atoms with Gasteiger partial charge in [0.15, 0.2) is 0 Å². The Labute approximate surface area is 107 Å². The van der Waals surface area contributed by atoms with Crippen molar-refractivity contribution in [1.82, 2.24) is 20.2 Å². The molecule has 0 aliphatic heterocycles. The van der Waals surface area contributed by atoms with Crippen LogP contribution in [0.2, 0.25) is 0 Å². The minimum atomic E-state index is -0.414. The summed E-state index contributed by atoms with van der Waals surface area (Å²) >= 11 is 0. The Morgan fingerprint density at radius 1 is 1.26 bits per heavy atom. The smallest absolute Gasteiger partial charge is 0.293 e. The Morgan fingerprint density at radius 2 is 2.11 bits per heavy atom. The number of hydrogen-bond acceptors (Lipinski definition) is 5. The van der Waals surface area contributed by atoms with Crippen LogP contribution in [0, 0.1) is 0 Å². The van der Waals surface area contributed by atoms with Gasteiger partial charge in [-0.1, -0.05) is 18.2 Å². The van der Waals surface area contributed by atoms with Crippen LogP contribution in [0.25, 0.3) is 10.9 Å². The summed E-state index contributed by atoms with van der Waals surface area (Å²) in [7, 11) is 0. The number of aromatic nitrogens is 4. The molecule has 0 fully saturated rings. The largest absolute Gasteiger partial charge is 0.366 e. The fraction of sp³-hybridized carbons (Fsp3) is 0. The van der Waals surface area contributed by atoms with Gasteiger partial charge in [0.25, 0.3) is 5.91 Å². The van der Waals surface area contributed by atoms with E-state index in [1.54, 1.807) is 12.3 Å². The van der Waals surface area contributed by atoms with Crippen molar-refractivity contribution >= 4 is 28.4 Å². The number of hydrogen-bond donors (Lipinski definition) is 3. The second kappa shape index (κ2) is 4.37. The Hall–Kier alpha value is -2.96. The third-order valence-electron chi connectivity index (χ3n) is 2.60. The van der Waals surface area contributed by atoms with Crippen molar-refractivity contribution in [3.05, 3.63) is 42.4 Å². The number of carbonyl (C=O) groups is 1. The van der Waals surface area contributed by atoms with Crippen molar-refractivity contribution in [3.63, 3.8) is 0 Å². The van der Waals surface area contributed by atoms with Crippen LogP contribution in [0.5, 0.6) is 0 Å². The van der Waals surface area contributed by atoms with Gasteiger partial charge in [-0.3, -0.25) is 14.9 Å². The summed E-state index contributed by atoms with van der Waals surface area (Å²) in [6.07, 6.45) is 1.67. The number of anilines is 2. The van der Waals surface area contributed by atoms with E-state index >= 15 is 0 Å². The number of pyridine rings is 1. The molecule has 19 heavy (non-hydrogen) atoms. The summed E-state index contributed by atoms with van der Waals surface area (Å²) in [6, 6.07) is 9.29. The first-order chi connectivity index (χ1) is 9.24. The average molecular weight is 254 g/mol. The van der Waals surface area contributed by atoms with Gasteiger partial charge in [0.2, 0.25) is 11.8 Å². The lowest BCUT2D eigenvalue weighted by Gasteiger charge is -2.05. The Balaban J connectivity index is 1.95.